The zero-order chi connectivity index (χ0) is 21.6. The molecule has 1 unspecified atom stereocenters. The van der Waals surface area contributed by atoms with Gasteiger partial charge >= 0.3 is 0 Å². The summed E-state index contributed by atoms with van der Waals surface area (Å²) in [6, 6.07) is 5.99. The lowest BCUT2D eigenvalue weighted by Gasteiger charge is -2.42. The van der Waals surface area contributed by atoms with Crippen LogP contribution in [0.3, 0.4) is 0 Å². The third kappa shape index (κ3) is 5.61. The Balaban J connectivity index is 1.59. The lowest BCUT2D eigenvalue weighted by molar-refractivity contribution is 0.0653. The molecule has 2 heterocycles. The fraction of sp³-hybridized carbons (Fsp3) is 0.636. The van der Waals surface area contributed by atoms with Crippen LogP contribution in [0, 0.1) is 0 Å². The first-order valence-electron chi connectivity index (χ1n) is 11.5. The zero-order valence-electron chi connectivity index (χ0n) is 18.3. The van der Waals surface area contributed by atoms with E-state index in [4.69, 9.17) is 27.1 Å². The molecule has 1 saturated carbocycles. The van der Waals surface area contributed by atoms with Gasteiger partial charge in [0, 0.05) is 24.8 Å². The van der Waals surface area contributed by atoms with Gasteiger partial charge < -0.3 is 20.7 Å². The molecule has 1 atom stereocenters. The van der Waals surface area contributed by atoms with Gasteiger partial charge in [-0.1, -0.05) is 43.7 Å². The predicted molar refractivity (Wildman–Crippen MR) is 126 cm³/mol. The van der Waals surface area contributed by atoms with Crippen molar-refractivity contribution in [1.29, 1.82) is 0 Å². The molecule has 170 valence electrons. The Kier molecular flexibility index (Phi) is 7.53. The van der Waals surface area contributed by atoms with Crippen LogP contribution in [-0.4, -0.2) is 54.4 Å². The lowest BCUT2D eigenvalue weighted by Crippen LogP contribution is -2.61. The molecule has 1 saturated heterocycles. The van der Waals surface area contributed by atoms with Gasteiger partial charge in [0.25, 0.3) is 0 Å². The van der Waals surface area contributed by atoms with Crippen LogP contribution in [0.2, 0.25) is 5.02 Å². The Hall–Kier alpha value is -2.03. The first kappa shape index (κ1) is 22.2. The van der Waals surface area contributed by atoms with Gasteiger partial charge in [0.2, 0.25) is 11.9 Å². The van der Waals surface area contributed by atoms with Crippen molar-refractivity contribution >= 4 is 29.2 Å². The van der Waals surface area contributed by atoms with Crippen molar-refractivity contribution < 1.29 is 4.74 Å². The third-order valence-corrected chi connectivity index (χ3v) is 6.56. The highest BCUT2D eigenvalue weighted by Crippen LogP contribution is 2.29. The summed E-state index contributed by atoms with van der Waals surface area (Å²) in [6.07, 6.45) is 10.7. The lowest BCUT2D eigenvalue weighted by atomic mass is 10.1. The van der Waals surface area contributed by atoms with Gasteiger partial charge in [0.05, 0.1) is 12.1 Å². The van der Waals surface area contributed by atoms with Gasteiger partial charge in [-0.3, -0.25) is 0 Å². The predicted octanol–water partition coefficient (Wildman–Crippen LogP) is 3.74. The zero-order valence-corrected chi connectivity index (χ0v) is 19.1. The second-order valence-electron chi connectivity index (χ2n) is 8.50. The molecular formula is C22H34ClN7O. The number of hydrazine groups is 1. The fourth-order valence-electron chi connectivity index (χ4n) is 4.65. The van der Waals surface area contributed by atoms with Crippen LogP contribution >= 0.6 is 11.6 Å². The maximum absolute atomic E-state index is 6.35. The third-order valence-electron chi connectivity index (χ3n) is 6.26. The van der Waals surface area contributed by atoms with Crippen molar-refractivity contribution in [3.63, 3.8) is 0 Å². The number of methoxy groups -OCH3 is 1. The van der Waals surface area contributed by atoms with Gasteiger partial charge in [-0.05, 0) is 43.9 Å². The highest BCUT2D eigenvalue weighted by atomic mass is 35.5. The van der Waals surface area contributed by atoms with E-state index in [2.05, 4.69) is 25.6 Å². The second kappa shape index (κ2) is 10.5. The smallest absolute Gasteiger partial charge is 0.221 e. The minimum Gasteiger partial charge on any atom is -0.495 e. The van der Waals surface area contributed by atoms with Gasteiger partial charge in [-0.15, -0.1) is 0 Å². The summed E-state index contributed by atoms with van der Waals surface area (Å²) in [5.41, 5.74) is 10.6. The Morgan fingerprint density at radius 2 is 1.77 bits per heavy atom. The van der Waals surface area contributed by atoms with E-state index >= 15 is 0 Å². The Morgan fingerprint density at radius 1 is 1.06 bits per heavy atom. The Labute approximate surface area is 189 Å². The molecule has 8 nitrogen and oxygen atoms in total. The molecule has 2 aliphatic heterocycles. The molecular weight excluding hydrogens is 414 g/mol. The van der Waals surface area contributed by atoms with Crippen molar-refractivity contribution in [2.24, 2.45) is 15.7 Å². The number of hydrogen-bond donors (Lipinski definition) is 3. The van der Waals surface area contributed by atoms with Crippen LogP contribution in [0.4, 0.5) is 5.69 Å². The molecule has 1 aromatic rings. The monoisotopic (exact) mass is 447 g/mol. The number of rotatable bonds is 5. The minimum atomic E-state index is -0.269. The number of benzene rings is 1. The number of guanidine groups is 2. The topological polar surface area (TPSA) is 90.5 Å². The second-order valence-corrected chi connectivity index (χ2v) is 8.91. The highest BCUT2D eigenvalue weighted by Gasteiger charge is 2.34. The van der Waals surface area contributed by atoms with Gasteiger partial charge in [-0.2, -0.15) is 4.99 Å². The molecule has 9 heteroatoms. The molecule has 4 rings (SSSR count). The van der Waals surface area contributed by atoms with E-state index in [1.54, 1.807) is 7.11 Å². The van der Waals surface area contributed by atoms with Crippen LogP contribution in [-0.2, 0) is 0 Å². The SMILES string of the molecule is COc1ccc(NC2=NC(N)=NC(NN3CCCCC3)N2C2CCCCCC2)cc1Cl. The summed E-state index contributed by atoms with van der Waals surface area (Å²) in [4.78, 5) is 11.6. The number of anilines is 1. The molecule has 0 spiro atoms. The maximum Gasteiger partial charge on any atom is 0.221 e. The summed E-state index contributed by atoms with van der Waals surface area (Å²) in [5, 5.41) is 6.29. The molecule has 2 fully saturated rings. The van der Waals surface area contributed by atoms with E-state index in [9.17, 15) is 0 Å². The molecule has 0 amide bonds. The van der Waals surface area contributed by atoms with Gasteiger partial charge in [0.1, 0.15) is 5.75 Å². The first-order chi connectivity index (χ1) is 15.1. The number of nitrogens with two attached hydrogens (primary N) is 1. The van der Waals surface area contributed by atoms with Crippen molar-refractivity contribution in [3.05, 3.63) is 23.2 Å². The van der Waals surface area contributed by atoms with E-state index < -0.39 is 0 Å². The summed E-state index contributed by atoms with van der Waals surface area (Å²) >= 11 is 6.35. The van der Waals surface area contributed by atoms with Crippen molar-refractivity contribution in [2.75, 3.05) is 25.5 Å². The normalized spacial score (nSPS) is 23.7. The standard InChI is InChI=1S/C22H34ClN7O/c1-31-19-12-11-16(15-18(19)23)25-21-26-20(24)27-22(28-29-13-7-4-8-14-29)30(21)17-9-5-2-3-6-10-17/h11-12,15,17,22,28H,2-10,13-14H2,1H3,(H3,24,25,26,27). The van der Waals surface area contributed by atoms with E-state index in [0.29, 0.717) is 16.8 Å². The summed E-state index contributed by atoms with van der Waals surface area (Å²) in [7, 11) is 1.61. The molecule has 0 bridgehead atoms. The van der Waals surface area contributed by atoms with E-state index in [-0.39, 0.29) is 12.2 Å². The van der Waals surface area contributed by atoms with Crippen molar-refractivity contribution in [1.82, 2.24) is 15.3 Å². The van der Waals surface area contributed by atoms with Crippen LogP contribution in [0.1, 0.15) is 57.8 Å². The molecule has 4 N–H and O–H groups in total. The number of halogens is 1. The Bertz CT molecular complexity index is 801. The number of piperidine rings is 1. The largest absolute Gasteiger partial charge is 0.495 e. The number of nitrogens with one attached hydrogen (secondary N) is 2. The molecule has 1 aromatic carbocycles. The van der Waals surface area contributed by atoms with Crippen molar-refractivity contribution in [3.8, 4) is 5.75 Å². The van der Waals surface area contributed by atoms with Crippen molar-refractivity contribution in [2.45, 2.75) is 70.1 Å². The van der Waals surface area contributed by atoms with Crippen LogP contribution in [0.25, 0.3) is 0 Å². The molecule has 0 radical (unpaired) electrons. The maximum atomic E-state index is 6.35. The van der Waals surface area contributed by atoms with Crippen LogP contribution < -0.4 is 21.2 Å². The Morgan fingerprint density at radius 3 is 2.45 bits per heavy atom. The summed E-state index contributed by atoms with van der Waals surface area (Å²) < 4.78 is 5.28. The van der Waals surface area contributed by atoms with Gasteiger partial charge in [-0.25, -0.2) is 15.4 Å². The highest BCUT2D eigenvalue weighted by molar-refractivity contribution is 6.32. The number of aliphatic imine (C=N–C) groups is 2. The molecule has 3 aliphatic rings. The molecule has 0 aromatic heterocycles. The average molecular weight is 448 g/mol. The molecule has 1 aliphatic carbocycles. The quantitative estimate of drug-likeness (QED) is 0.595. The number of hydrogen-bond acceptors (Lipinski definition) is 8. The number of ether oxygens (including phenoxy) is 1. The van der Waals surface area contributed by atoms with Gasteiger partial charge in [0.15, 0.2) is 6.29 Å². The molecule has 31 heavy (non-hydrogen) atoms. The summed E-state index contributed by atoms with van der Waals surface area (Å²) in [5.74, 6) is 1.64. The first-order valence-corrected chi connectivity index (χ1v) is 11.8. The van der Waals surface area contributed by atoms with Crippen LogP contribution in [0.15, 0.2) is 28.2 Å². The number of nitrogens with zero attached hydrogens (tertiary/aromatic N) is 4. The minimum absolute atomic E-state index is 0.269. The average Bonchev–Trinajstić information content (AvgIpc) is 3.04. The van der Waals surface area contributed by atoms with Crippen LogP contribution in [0.5, 0.6) is 5.75 Å². The van der Waals surface area contributed by atoms with E-state index in [1.807, 2.05) is 18.2 Å². The van der Waals surface area contributed by atoms with E-state index in [0.717, 1.165) is 37.6 Å². The fourth-order valence-corrected chi connectivity index (χ4v) is 4.91. The van der Waals surface area contributed by atoms with E-state index in [1.165, 1.54) is 44.9 Å². The summed E-state index contributed by atoms with van der Waals surface area (Å²) in [6.45, 7) is 2.05.